The fourth-order valence-electron chi connectivity index (χ4n) is 2.03. The van der Waals surface area contributed by atoms with Crippen molar-refractivity contribution < 1.29 is 4.79 Å². The summed E-state index contributed by atoms with van der Waals surface area (Å²) in [5, 5.41) is 0. The van der Waals surface area contributed by atoms with Crippen LogP contribution in [0.4, 0.5) is 0 Å². The highest BCUT2D eigenvalue weighted by Crippen LogP contribution is 2.30. The summed E-state index contributed by atoms with van der Waals surface area (Å²) in [7, 11) is 0. The lowest BCUT2D eigenvalue weighted by atomic mass is 9.93. The Morgan fingerprint density at radius 1 is 1.23 bits per heavy atom. The molecule has 1 nitrogen and oxygen atoms in total. The van der Waals surface area contributed by atoms with Crippen LogP contribution in [0.15, 0.2) is 23.3 Å². The molecule has 0 amide bonds. The van der Waals surface area contributed by atoms with Gasteiger partial charge in [-0.25, -0.2) is 0 Å². The molecule has 1 atom stereocenters. The maximum absolute atomic E-state index is 11.8. The van der Waals surface area contributed by atoms with Crippen molar-refractivity contribution in [1.82, 2.24) is 0 Å². The third-order valence-corrected chi connectivity index (χ3v) is 3.50. The first kappa shape index (κ1) is 9.20. The molecule has 2 rings (SSSR count). The highest BCUT2D eigenvalue weighted by molar-refractivity contribution is 9.10. The van der Waals surface area contributed by atoms with Crippen LogP contribution in [-0.4, -0.2) is 10.6 Å². The van der Waals surface area contributed by atoms with Gasteiger partial charge in [0.15, 0.2) is 5.78 Å². The van der Waals surface area contributed by atoms with Gasteiger partial charge in [0.25, 0.3) is 0 Å². The molecule has 0 spiro atoms. The lowest BCUT2D eigenvalue weighted by Crippen LogP contribution is -2.18. The van der Waals surface area contributed by atoms with E-state index in [9.17, 15) is 4.79 Å². The van der Waals surface area contributed by atoms with Crippen molar-refractivity contribution in [3.05, 3.63) is 23.3 Å². The predicted molar refractivity (Wildman–Crippen MR) is 57.0 cm³/mol. The summed E-state index contributed by atoms with van der Waals surface area (Å²) in [6, 6.07) is 0. The van der Waals surface area contributed by atoms with E-state index in [0.29, 0.717) is 5.78 Å². The molecule has 0 aromatic heterocycles. The normalized spacial score (nSPS) is 28.7. The smallest absolute Gasteiger partial charge is 0.176 e. The van der Waals surface area contributed by atoms with Crippen molar-refractivity contribution in [2.45, 2.75) is 36.9 Å². The zero-order valence-corrected chi connectivity index (χ0v) is 9.14. The van der Waals surface area contributed by atoms with E-state index in [4.69, 9.17) is 0 Å². The molecule has 0 heterocycles. The van der Waals surface area contributed by atoms with Crippen molar-refractivity contribution in [1.29, 1.82) is 0 Å². The van der Waals surface area contributed by atoms with Gasteiger partial charge >= 0.3 is 0 Å². The second-order valence-electron chi connectivity index (χ2n) is 3.69. The van der Waals surface area contributed by atoms with Gasteiger partial charge in [0.05, 0.1) is 4.83 Å². The summed E-state index contributed by atoms with van der Waals surface area (Å²) in [5.41, 5.74) is 2.38. The third-order valence-electron chi connectivity index (χ3n) is 2.77. The van der Waals surface area contributed by atoms with Gasteiger partial charge in [-0.05, 0) is 36.8 Å². The van der Waals surface area contributed by atoms with Crippen LogP contribution in [0.1, 0.15) is 32.1 Å². The van der Waals surface area contributed by atoms with Crippen LogP contribution >= 0.6 is 15.9 Å². The Hall–Kier alpha value is -0.370. The first-order valence-corrected chi connectivity index (χ1v) is 5.79. The molecule has 0 fully saturated rings. The summed E-state index contributed by atoms with van der Waals surface area (Å²) in [5.74, 6) is 0.291. The molecule has 0 saturated carbocycles. The van der Waals surface area contributed by atoms with E-state index < -0.39 is 0 Å². The molecule has 70 valence electrons. The maximum Gasteiger partial charge on any atom is 0.176 e. The average Bonchev–Trinajstić information content (AvgIpc) is 2.36. The Labute approximate surface area is 87.0 Å². The molecule has 0 aromatic rings. The minimum Gasteiger partial charge on any atom is -0.293 e. The molecule has 0 aromatic carbocycles. The number of allylic oxidation sites excluding steroid dienone is 4. The van der Waals surface area contributed by atoms with E-state index >= 15 is 0 Å². The van der Waals surface area contributed by atoms with Gasteiger partial charge < -0.3 is 0 Å². The zero-order chi connectivity index (χ0) is 9.26. The van der Waals surface area contributed by atoms with E-state index in [1.165, 1.54) is 24.8 Å². The summed E-state index contributed by atoms with van der Waals surface area (Å²) < 4.78 is 0. The fraction of sp³-hybridized carbons (Fsp3) is 0.545. The number of halogens is 1. The van der Waals surface area contributed by atoms with Crippen LogP contribution < -0.4 is 0 Å². The van der Waals surface area contributed by atoms with Gasteiger partial charge in [0, 0.05) is 0 Å². The molecule has 0 saturated heterocycles. The first-order valence-electron chi connectivity index (χ1n) is 4.87. The van der Waals surface area contributed by atoms with Gasteiger partial charge in [-0.1, -0.05) is 34.5 Å². The van der Waals surface area contributed by atoms with Crippen LogP contribution in [0.3, 0.4) is 0 Å². The quantitative estimate of drug-likeness (QED) is 0.595. The number of hydrogen-bond acceptors (Lipinski definition) is 1. The topological polar surface area (TPSA) is 17.1 Å². The zero-order valence-electron chi connectivity index (χ0n) is 7.55. The standard InChI is InChI=1S/C11H13BrO/c12-10-7-6-8-4-2-1-3-5-9(8)11(10)13/h6-7,10H,1-5H2. The summed E-state index contributed by atoms with van der Waals surface area (Å²) >= 11 is 3.37. The Morgan fingerprint density at radius 3 is 2.85 bits per heavy atom. The number of alkyl halides is 1. The molecule has 0 radical (unpaired) electrons. The van der Waals surface area contributed by atoms with Gasteiger partial charge in [-0.3, -0.25) is 4.79 Å². The van der Waals surface area contributed by atoms with Gasteiger partial charge in [-0.2, -0.15) is 0 Å². The number of Topliss-reactive ketones (excluding diaryl/α,β-unsaturated/α-hetero) is 1. The predicted octanol–water partition coefficient (Wildman–Crippen LogP) is 3.15. The minimum atomic E-state index is -0.0654. The molecule has 0 N–H and O–H groups in total. The third kappa shape index (κ3) is 1.78. The summed E-state index contributed by atoms with van der Waals surface area (Å²) in [4.78, 5) is 11.7. The van der Waals surface area contributed by atoms with E-state index in [1.807, 2.05) is 6.08 Å². The number of ketones is 1. The molecule has 13 heavy (non-hydrogen) atoms. The van der Waals surface area contributed by atoms with Crippen molar-refractivity contribution in [3.8, 4) is 0 Å². The molecular weight excluding hydrogens is 228 g/mol. The molecule has 0 bridgehead atoms. The minimum absolute atomic E-state index is 0.0654. The first-order chi connectivity index (χ1) is 6.29. The van der Waals surface area contributed by atoms with Crippen molar-refractivity contribution in [2.24, 2.45) is 0 Å². The highest BCUT2D eigenvalue weighted by atomic mass is 79.9. The van der Waals surface area contributed by atoms with Crippen LogP contribution in [0, 0.1) is 0 Å². The molecular formula is C11H13BrO. The largest absolute Gasteiger partial charge is 0.293 e. The highest BCUT2D eigenvalue weighted by Gasteiger charge is 2.24. The fourth-order valence-corrected chi connectivity index (χ4v) is 2.45. The Balaban J connectivity index is 2.30. The summed E-state index contributed by atoms with van der Waals surface area (Å²) in [6.45, 7) is 0. The van der Waals surface area contributed by atoms with E-state index in [1.54, 1.807) is 0 Å². The second-order valence-corrected chi connectivity index (χ2v) is 4.68. The number of rotatable bonds is 0. The van der Waals surface area contributed by atoms with Crippen molar-refractivity contribution >= 4 is 21.7 Å². The maximum atomic E-state index is 11.8. The second kappa shape index (κ2) is 3.79. The lowest BCUT2D eigenvalue weighted by Gasteiger charge is -2.15. The van der Waals surface area contributed by atoms with Crippen molar-refractivity contribution in [3.63, 3.8) is 0 Å². The summed E-state index contributed by atoms with van der Waals surface area (Å²) in [6.07, 6.45) is 9.86. The van der Waals surface area contributed by atoms with Crippen LogP contribution in [0.2, 0.25) is 0 Å². The molecule has 1 unspecified atom stereocenters. The Kier molecular flexibility index (Phi) is 2.68. The van der Waals surface area contributed by atoms with Gasteiger partial charge in [0.1, 0.15) is 0 Å². The molecule has 0 aliphatic heterocycles. The van der Waals surface area contributed by atoms with Crippen molar-refractivity contribution in [2.75, 3.05) is 0 Å². The SMILES string of the molecule is O=C1C2=C(C=CC1Br)CCCCC2. The number of hydrogen-bond donors (Lipinski definition) is 0. The molecule has 2 aliphatic rings. The van der Waals surface area contributed by atoms with Crippen LogP contribution in [0.25, 0.3) is 0 Å². The number of carbonyl (C=O) groups excluding carboxylic acids is 1. The average molecular weight is 241 g/mol. The van der Waals surface area contributed by atoms with E-state index in [2.05, 4.69) is 22.0 Å². The van der Waals surface area contributed by atoms with E-state index in [-0.39, 0.29) is 4.83 Å². The number of carbonyl (C=O) groups is 1. The Bertz CT molecular complexity index is 288. The van der Waals surface area contributed by atoms with E-state index in [0.717, 1.165) is 18.4 Å². The Morgan fingerprint density at radius 2 is 2.00 bits per heavy atom. The van der Waals surface area contributed by atoms with Crippen LogP contribution in [-0.2, 0) is 4.79 Å². The lowest BCUT2D eigenvalue weighted by molar-refractivity contribution is -0.114. The monoisotopic (exact) mass is 240 g/mol. The molecule has 2 aliphatic carbocycles. The van der Waals surface area contributed by atoms with Gasteiger partial charge in [0.2, 0.25) is 0 Å². The molecule has 2 heteroatoms. The van der Waals surface area contributed by atoms with Gasteiger partial charge in [-0.15, -0.1) is 0 Å². The van der Waals surface area contributed by atoms with Crippen LogP contribution in [0.5, 0.6) is 0 Å².